The summed E-state index contributed by atoms with van der Waals surface area (Å²) in [5.74, 6) is 0.276. The first-order valence-corrected chi connectivity index (χ1v) is 11.2. The lowest BCUT2D eigenvalue weighted by atomic mass is 10.2. The number of hydrogen-bond donors (Lipinski definition) is 2. The molecule has 0 radical (unpaired) electrons. The lowest BCUT2D eigenvalue weighted by molar-refractivity contribution is -0.120. The van der Waals surface area contributed by atoms with Crippen molar-refractivity contribution in [1.82, 2.24) is 5.32 Å². The zero-order valence-electron chi connectivity index (χ0n) is 17.0. The molecule has 0 unspecified atom stereocenters. The van der Waals surface area contributed by atoms with Crippen LogP contribution >= 0.6 is 22.9 Å². The first-order valence-electron chi connectivity index (χ1n) is 9.99. The number of piperazine rings is 1. The van der Waals surface area contributed by atoms with Crippen molar-refractivity contribution in [2.45, 2.75) is 6.92 Å². The smallest absolute Gasteiger partial charge is 0.269 e. The zero-order chi connectivity index (χ0) is 21.8. The molecule has 4 rings (SSSR count). The number of nitrogens with one attached hydrogen (secondary N) is 2. The van der Waals surface area contributed by atoms with Crippen LogP contribution in [-0.2, 0) is 4.79 Å². The maximum atomic E-state index is 13.0. The molecule has 0 atom stereocenters. The largest absolute Gasteiger partial charge is 0.492 e. The van der Waals surface area contributed by atoms with Crippen molar-refractivity contribution in [3.63, 3.8) is 0 Å². The zero-order valence-corrected chi connectivity index (χ0v) is 18.6. The average molecular weight is 456 g/mol. The van der Waals surface area contributed by atoms with Crippen LogP contribution < -0.4 is 20.3 Å². The lowest BCUT2D eigenvalue weighted by Crippen LogP contribution is -2.47. The molecule has 0 aliphatic carbocycles. The number of ether oxygens (including phenoxy) is 1. The number of halogens is 1. The Kier molecular flexibility index (Phi) is 6.44. The topological polar surface area (TPSA) is 70.7 Å². The molecule has 6 nitrogen and oxygen atoms in total. The van der Waals surface area contributed by atoms with Crippen molar-refractivity contribution < 1.29 is 14.3 Å². The van der Waals surface area contributed by atoms with Gasteiger partial charge in [0.05, 0.1) is 23.9 Å². The van der Waals surface area contributed by atoms with E-state index in [1.807, 2.05) is 54.3 Å². The van der Waals surface area contributed by atoms with Crippen LogP contribution in [0.15, 0.2) is 54.6 Å². The molecule has 1 aliphatic heterocycles. The first-order chi connectivity index (χ1) is 15.0. The molecular weight excluding hydrogens is 434 g/mol. The Labute approximate surface area is 189 Å². The number of benzene rings is 2. The van der Waals surface area contributed by atoms with Crippen LogP contribution in [0.4, 0.5) is 11.4 Å². The summed E-state index contributed by atoms with van der Waals surface area (Å²) in [4.78, 5) is 28.1. The monoisotopic (exact) mass is 455 g/mol. The molecule has 8 heteroatoms. The van der Waals surface area contributed by atoms with Gasteiger partial charge in [-0.05, 0) is 36.8 Å². The minimum Gasteiger partial charge on any atom is -0.492 e. The molecule has 2 N–H and O–H groups in total. The third-order valence-electron chi connectivity index (χ3n) is 4.85. The molecule has 2 amide bonds. The lowest BCUT2D eigenvalue weighted by Gasteiger charge is -2.29. The molecule has 0 saturated carbocycles. The van der Waals surface area contributed by atoms with E-state index in [0.29, 0.717) is 41.0 Å². The Bertz CT molecular complexity index is 1100. The number of amides is 2. The van der Waals surface area contributed by atoms with Crippen LogP contribution in [-0.4, -0.2) is 38.1 Å². The number of carbonyl (C=O) groups is 2. The average Bonchev–Trinajstić information content (AvgIpc) is 3.19. The summed E-state index contributed by atoms with van der Waals surface area (Å²) < 4.78 is 5.71. The van der Waals surface area contributed by atoms with Crippen LogP contribution in [0.1, 0.15) is 16.6 Å². The highest BCUT2D eigenvalue weighted by Crippen LogP contribution is 2.37. The Balaban J connectivity index is 1.54. The number of rotatable bonds is 6. The second-order valence-electron chi connectivity index (χ2n) is 6.99. The number of carbonyl (C=O) groups excluding carboxylic acids is 2. The molecule has 1 saturated heterocycles. The maximum Gasteiger partial charge on any atom is 0.269 e. The van der Waals surface area contributed by atoms with E-state index in [-0.39, 0.29) is 18.4 Å². The number of anilines is 2. The molecule has 0 bridgehead atoms. The quantitative estimate of drug-likeness (QED) is 0.567. The van der Waals surface area contributed by atoms with Crippen molar-refractivity contribution in [3.8, 4) is 16.2 Å². The Hall–Kier alpha value is -3.03. The minimum atomic E-state index is -0.253. The van der Waals surface area contributed by atoms with E-state index in [1.54, 1.807) is 12.1 Å². The summed E-state index contributed by atoms with van der Waals surface area (Å²) in [6.45, 7) is 3.89. The SMILES string of the molecule is CCOc1cc(-c2ccccc2)sc1C(=O)Nc1ccc(N2CCNC(=O)C2)c(Cl)c1. The standard InChI is InChI=1S/C23H22ClN3O3S/c1-2-30-19-13-20(15-6-4-3-5-7-15)31-22(19)23(29)26-16-8-9-18(17(24)12-16)27-11-10-25-21(28)14-27/h3-9,12-13H,2,10-11,14H2,1H3,(H,25,28)(H,26,29). The van der Waals surface area contributed by atoms with E-state index in [1.165, 1.54) is 11.3 Å². The molecule has 2 heterocycles. The van der Waals surface area contributed by atoms with Gasteiger partial charge in [-0.3, -0.25) is 9.59 Å². The molecule has 3 aromatic rings. The molecule has 31 heavy (non-hydrogen) atoms. The summed E-state index contributed by atoms with van der Waals surface area (Å²) in [5.41, 5.74) is 2.38. The molecule has 160 valence electrons. The maximum absolute atomic E-state index is 13.0. The van der Waals surface area contributed by atoms with Crippen LogP contribution in [0.5, 0.6) is 5.75 Å². The van der Waals surface area contributed by atoms with Crippen LogP contribution in [0.3, 0.4) is 0 Å². The van der Waals surface area contributed by atoms with Gasteiger partial charge in [0.1, 0.15) is 10.6 Å². The van der Waals surface area contributed by atoms with E-state index in [4.69, 9.17) is 16.3 Å². The fraction of sp³-hybridized carbons (Fsp3) is 0.217. The van der Waals surface area contributed by atoms with Gasteiger partial charge < -0.3 is 20.3 Å². The van der Waals surface area contributed by atoms with Gasteiger partial charge in [-0.2, -0.15) is 0 Å². The second-order valence-corrected chi connectivity index (χ2v) is 8.45. The van der Waals surface area contributed by atoms with Gasteiger partial charge >= 0.3 is 0 Å². The van der Waals surface area contributed by atoms with Gasteiger partial charge in [0.25, 0.3) is 5.91 Å². The summed E-state index contributed by atoms with van der Waals surface area (Å²) in [5, 5.41) is 6.19. The highest BCUT2D eigenvalue weighted by molar-refractivity contribution is 7.17. The summed E-state index contributed by atoms with van der Waals surface area (Å²) in [6, 6.07) is 17.1. The highest BCUT2D eigenvalue weighted by Gasteiger charge is 2.21. The van der Waals surface area contributed by atoms with Crippen molar-refractivity contribution in [3.05, 3.63) is 64.5 Å². The van der Waals surface area contributed by atoms with Crippen LogP contribution in [0.2, 0.25) is 5.02 Å². The predicted octanol–water partition coefficient (Wildman–Crippen LogP) is 4.66. The fourth-order valence-electron chi connectivity index (χ4n) is 3.41. The van der Waals surface area contributed by atoms with Crippen molar-refractivity contribution >= 4 is 46.1 Å². The van der Waals surface area contributed by atoms with Crippen molar-refractivity contribution in [2.24, 2.45) is 0 Å². The predicted molar refractivity (Wildman–Crippen MR) is 126 cm³/mol. The van der Waals surface area contributed by atoms with E-state index in [2.05, 4.69) is 10.6 Å². The summed E-state index contributed by atoms with van der Waals surface area (Å²) in [6.07, 6.45) is 0. The summed E-state index contributed by atoms with van der Waals surface area (Å²) in [7, 11) is 0. The van der Waals surface area contributed by atoms with Gasteiger partial charge in [0, 0.05) is 23.7 Å². The first kappa shape index (κ1) is 21.2. The number of hydrogen-bond acceptors (Lipinski definition) is 5. The van der Waals surface area contributed by atoms with Gasteiger partial charge in [-0.25, -0.2) is 0 Å². The minimum absolute atomic E-state index is 0.0323. The van der Waals surface area contributed by atoms with E-state index in [9.17, 15) is 9.59 Å². The normalized spacial score (nSPS) is 13.6. The second kappa shape index (κ2) is 9.41. The summed E-state index contributed by atoms with van der Waals surface area (Å²) >= 11 is 7.85. The Morgan fingerprint density at radius 2 is 2.03 bits per heavy atom. The number of nitrogens with zero attached hydrogens (tertiary/aromatic N) is 1. The molecular formula is C23H22ClN3O3S. The van der Waals surface area contributed by atoms with E-state index < -0.39 is 0 Å². The van der Waals surface area contributed by atoms with Crippen molar-refractivity contribution in [2.75, 3.05) is 36.5 Å². The van der Waals surface area contributed by atoms with Gasteiger partial charge in [0.15, 0.2) is 0 Å². The molecule has 2 aromatic carbocycles. The third kappa shape index (κ3) is 4.84. The van der Waals surface area contributed by atoms with Crippen LogP contribution in [0.25, 0.3) is 10.4 Å². The van der Waals surface area contributed by atoms with Gasteiger partial charge in [-0.15, -0.1) is 11.3 Å². The van der Waals surface area contributed by atoms with Gasteiger partial charge in [-0.1, -0.05) is 41.9 Å². The van der Waals surface area contributed by atoms with E-state index >= 15 is 0 Å². The number of thiophene rings is 1. The molecule has 1 aliphatic rings. The third-order valence-corrected chi connectivity index (χ3v) is 6.31. The van der Waals surface area contributed by atoms with E-state index in [0.717, 1.165) is 16.1 Å². The Morgan fingerprint density at radius 3 is 2.74 bits per heavy atom. The highest BCUT2D eigenvalue weighted by atomic mass is 35.5. The van der Waals surface area contributed by atoms with Crippen LogP contribution in [0, 0.1) is 0 Å². The van der Waals surface area contributed by atoms with Gasteiger partial charge in [0.2, 0.25) is 5.91 Å². The van der Waals surface area contributed by atoms with Crippen molar-refractivity contribution in [1.29, 1.82) is 0 Å². The molecule has 1 aromatic heterocycles. The Morgan fingerprint density at radius 1 is 1.23 bits per heavy atom. The fourth-order valence-corrected chi connectivity index (χ4v) is 4.72. The molecule has 1 fully saturated rings. The molecule has 0 spiro atoms.